The first-order chi connectivity index (χ1) is 13.6. The van der Waals surface area contributed by atoms with Crippen molar-refractivity contribution >= 4 is 17.5 Å². The molecule has 0 radical (unpaired) electrons. The number of nitrogens with one attached hydrogen (secondary N) is 1. The molecule has 2 amide bonds. The average Bonchev–Trinajstić information content (AvgIpc) is 3.17. The normalized spacial score (nSPS) is 10.5. The van der Waals surface area contributed by atoms with E-state index in [4.69, 9.17) is 14.9 Å². The van der Waals surface area contributed by atoms with Gasteiger partial charge in [0.1, 0.15) is 5.75 Å². The molecule has 0 bridgehead atoms. The van der Waals surface area contributed by atoms with Crippen LogP contribution in [0.5, 0.6) is 5.75 Å². The summed E-state index contributed by atoms with van der Waals surface area (Å²) in [6.07, 6.45) is 3.06. The molecular formula is C21H21N3O4. The second kappa shape index (κ2) is 8.85. The Morgan fingerprint density at radius 1 is 1.18 bits per heavy atom. The number of hydrogen-bond acceptors (Lipinski definition) is 5. The topological polar surface area (TPSA) is 107 Å². The predicted molar refractivity (Wildman–Crippen MR) is 105 cm³/mol. The highest BCUT2D eigenvalue weighted by Crippen LogP contribution is 2.26. The van der Waals surface area contributed by atoms with Gasteiger partial charge in [0.2, 0.25) is 11.8 Å². The Hall–Kier alpha value is -3.61. The molecule has 0 aliphatic rings. The summed E-state index contributed by atoms with van der Waals surface area (Å²) in [5.74, 6) is 0.970. The van der Waals surface area contributed by atoms with Gasteiger partial charge in [-0.2, -0.15) is 0 Å². The van der Waals surface area contributed by atoms with E-state index in [1.165, 1.54) is 13.2 Å². The second-order valence-electron chi connectivity index (χ2n) is 6.17. The zero-order valence-electron chi connectivity index (χ0n) is 15.5. The molecule has 3 aromatic rings. The van der Waals surface area contributed by atoms with Crippen molar-refractivity contribution in [3.63, 3.8) is 0 Å². The molecule has 7 nitrogen and oxygen atoms in total. The number of amides is 2. The number of carbonyl (C=O) groups excluding carboxylic acids is 2. The largest absolute Gasteiger partial charge is 0.495 e. The number of rotatable bonds is 8. The molecule has 0 saturated carbocycles. The number of carbonyl (C=O) groups is 2. The van der Waals surface area contributed by atoms with Crippen LogP contribution < -0.4 is 15.8 Å². The third-order valence-electron chi connectivity index (χ3n) is 4.16. The number of anilines is 1. The molecule has 3 N–H and O–H groups in total. The lowest BCUT2D eigenvalue weighted by Crippen LogP contribution is -2.15. The fourth-order valence-electron chi connectivity index (χ4n) is 2.73. The predicted octanol–water partition coefficient (Wildman–Crippen LogP) is 3.41. The van der Waals surface area contributed by atoms with E-state index in [9.17, 15) is 9.59 Å². The number of benzene rings is 2. The lowest BCUT2D eigenvalue weighted by molar-refractivity contribution is -0.116. The van der Waals surface area contributed by atoms with E-state index in [1.807, 2.05) is 30.3 Å². The highest BCUT2D eigenvalue weighted by atomic mass is 16.5. The van der Waals surface area contributed by atoms with Gasteiger partial charge in [-0.15, -0.1) is 0 Å². The number of ether oxygens (including phenoxy) is 1. The van der Waals surface area contributed by atoms with Gasteiger partial charge < -0.3 is 20.2 Å². The van der Waals surface area contributed by atoms with E-state index in [0.29, 0.717) is 41.5 Å². The summed E-state index contributed by atoms with van der Waals surface area (Å²) in [4.78, 5) is 27.8. The maximum absolute atomic E-state index is 12.2. The Labute approximate surface area is 162 Å². The molecule has 28 heavy (non-hydrogen) atoms. The Morgan fingerprint density at radius 2 is 1.96 bits per heavy atom. The van der Waals surface area contributed by atoms with Crippen LogP contribution in [0.15, 0.2) is 59.1 Å². The standard InChI is InChI=1S/C21H21N3O4/c1-27-17-11-10-15(21(22)26)12-16(17)24-19(25)8-5-9-20-23-13-18(28-20)14-6-3-2-4-7-14/h2-4,6-7,10-13H,5,8-9H2,1H3,(H2,22,26)(H,24,25). The van der Waals surface area contributed by atoms with E-state index in [1.54, 1.807) is 18.3 Å². The molecule has 0 spiro atoms. The van der Waals surface area contributed by atoms with Gasteiger partial charge in [-0.05, 0) is 24.6 Å². The van der Waals surface area contributed by atoms with Crippen LogP contribution in [0.4, 0.5) is 5.69 Å². The number of primary amides is 1. The van der Waals surface area contributed by atoms with Gasteiger partial charge in [-0.25, -0.2) is 4.98 Å². The van der Waals surface area contributed by atoms with Crippen molar-refractivity contribution in [2.24, 2.45) is 5.73 Å². The summed E-state index contributed by atoms with van der Waals surface area (Å²) >= 11 is 0. The van der Waals surface area contributed by atoms with E-state index in [0.717, 1.165) is 5.56 Å². The van der Waals surface area contributed by atoms with Crippen molar-refractivity contribution in [2.45, 2.75) is 19.3 Å². The number of methoxy groups -OCH3 is 1. The molecule has 7 heteroatoms. The van der Waals surface area contributed by atoms with Crippen molar-refractivity contribution in [1.29, 1.82) is 0 Å². The highest BCUT2D eigenvalue weighted by molar-refractivity contribution is 5.97. The molecule has 3 rings (SSSR count). The molecule has 144 valence electrons. The van der Waals surface area contributed by atoms with Crippen LogP contribution in [0, 0.1) is 0 Å². The average molecular weight is 379 g/mol. The minimum absolute atomic E-state index is 0.199. The zero-order chi connectivity index (χ0) is 19.9. The SMILES string of the molecule is COc1ccc(C(N)=O)cc1NC(=O)CCCc1ncc(-c2ccccc2)o1. The quantitative estimate of drug-likeness (QED) is 0.624. The van der Waals surface area contributed by atoms with Gasteiger partial charge in [0, 0.05) is 24.0 Å². The number of hydrogen-bond donors (Lipinski definition) is 2. The number of nitrogens with zero attached hydrogens (tertiary/aromatic N) is 1. The van der Waals surface area contributed by atoms with E-state index < -0.39 is 5.91 Å². The second-order valence-corrected chi connectivity index (χ2v) is 6.17. The van der Waals surface area contributed by atoms with Crippen molar-refractivity contribution in [3.8, 4) is 17.1 Å². The first kappa shape index (κ1) is 19.2. The van der Waals surface area contributed by atoms with Gasteiger partial charge >= 0.3 is 0 Å². The first-order valence-corrected chi connectivity index (χ1v) is 8.84. The van der Waals surface area contributed by atoms with Gasteiger partial charge in [0.15, 0.2) is 11.7 Å². The molecule has 0 unspecified atom stereocenters. The smallest absolute Gasteiger partial charge is 0.248 e. The summed E-state index contributed by atoms with van der Waals surface area (Å²) in [6.45, 7) is 0. The Bertz CT molecular complexity index is 967. The Balaban J connectivity index is 1.55. The minimum atomic E-state index is -0.573. The summed E-state index contributed by atoms with van der Waals surface area (Å²) in [5, 5.41) is 2.75. The molecule has 2 aromatic carbocycles. The molecule has 1 aromatic heterocycles. The van der Waals surface area contributed by atoms with Crippen molar-refractivity contribution in [3.05, 3.63) is 66.2 Å². The molecule has 1 heterocycles. The molecule has 0 aliphatic carbocycles. The van der Waals surface area contributed by atoms with Crippen LogP contribution in [-0.4, -0.2) is 23.9 Å². The zero-order valence-corrected chi connectivity index (χ0v) is 15.5. The van der Waals surface area contributed by atoms with Gasteiger partial charge in [0.25, 0.3) is 0 Å². The number of aryl methyl sites for hydroxylation is 1. The van der Waals surface area contributed by atoms with Gasteiger partial charge in [0.05, 0.1) is 19.0 Å². The molecule has 0 saturated heterocycles. The highest BCUT2D eigenvalue weighted by Gasteiger charge is 2.12. The summed E-state index contributed by atoms with van der Waals surface area (Å²) in [7, 11) is 1.49. The number of nitrogens with two attached hydrogens (primary N) is 1. The van der Waals surface area contributed by atoms with Crippen LogP contribution in [0.2, 0.25) is 0 Å². The van der Waals surface area contributed by atoms with Crippen molar-refractivity contribution in [2.75, 3.05) is 12.4 Å². The molecule has 0 aliphatic heterocycles. The van der Waals surface area contributed by atoms with E-state index in [2.05, 4.69) is 10.3 Å². The van der Waals surface area contributed by atoms with Crippen LogP contribution in [-0.2, 0) is 11.2 Å². The van der Waals surface area contributed by atoms with Crippen molar-refractivity contribution < 1.29 is 18.7 Å². The summed E-state index contributed by atoms with van der Waals surface area (Å²) in [5.41, 5.74) is 6.95. The van der Waals surface area contributed by atoms with Crippen LogP contribution in [0.3, 0.4) is 0 Å². The molecule has 0 atom stereocenters. The Kier molecular flexibility index (Phi) is 6.06. The maximum Gasteiger partial charge on any atom is 0.248 e. The first-order valence-electron chi connectivity index (χ1n) is 8.84. The van der Waals surface area contributed by atoms with Crippen LogP contribution in [0.25, 0.3) is 11.3 Å². The minimum Gasteiger partial charge on any atom is -0.495 e. The third-order valence-corrected chi connectivity index (χ3v) is 4.16. The lowest BCUT2D eigenvalue weighted by Gasteiger charge is -2.11. The van der Waals surface area contributed by atoms with Crippen molar-refractivity contribution in [1.82, 2.24) is 4.98 Å². The summed E-state index contributed by atoms with van der Waals surface area (Å²) in [6, 6.07) is 14.3. The monoisotopic (exact) mass is 379 g/mol. The number of oxazole rings is 1. The fraction of sp³-hybridized carbons (Fsp3) is 0.190. The van der Waals surface area contributed by atoms with E-state index >= 15 is 0 Å². The fourth-order valence-corrected chi connectivity index (χ4v) is 2.73. The lowest BCUT2D eigenvalue weighted by atomic mass is 10.1. The third kappa shape index (κ3) is 4.76. The Morgan fingerprint density at radius 3 is 2.68 bits per heavy atom. The summed E-state index contributed by atoms with van der Waals surface area (Å²) < 4.78 is 10.9. The number of aromatic nitrogens is 1. The van der Waals surface area contributed by atoms with E-state index in [-0.39, 0.29) is 12.3 Å². The van der Waals surface area contributed by atoms with Crippen LogP contribution in [0.1, 0.15) is 29.1 Å². The molecular weight excluding hydrogens is 358 g/mol. The van der Waals surface area contributed by atoms with Gasteiger partial charge in [-0.3, -0.25) is 9.59 Å². The maximum atomic E-state index is 12.2. The molecule has 0 fully saturated rings. The van der Waals surface area contributed by atoms with Gasteiger partial charge in [-0.1, -0.05) is 30.3 Å². The van der Waals surface area contributed by atoms with Crippen LogP contribution >= 0.6 is 0 Å².